The molecule has 24 rings (SSSR count). The zero-order chi connectivity index (χ0) is 88.0. The zero-order valence-corrected chi connectivity index (χ0v) is 75.8. The summed E-state index contributed by atoms with van der Waals surface area (Å²) in [7, 11) is -4.77. The molecule has 0 aliphatic carbocycles. The van der Waals surface area contributed by atoms with Crippen molar-refractivity contribution < 1.29 is 31.1 Å². The van der Waals surface area contributed by atoms with E-state index in [0.717, 1.165) is 79.6 Å². The fourth-order valence-electron chi connectivity index (χ4n) is 15.9. The van der Waals surface area contributed by atoms with Crippen molar-refractivity contribution in [3.8, 4) is 32.8 Å². The van der Waals surface area contributed by atoms with Crippen molar-refractivity contribution in [3.05, 3.63) is 493 Å². The SMILES string of the molecule is Cc1ccc([S+]2c3ccccc3Oc3ccccc32)cc1.O=S1(=O)c2ccccc2[S+](c2ccccc2)c2ccccc21.O=c1c2ccccc2[s+](-c2ccccc2)c2ccc(C(F)(F)F)cc12.O=c1c2ccccc2[s+](-c2ccccc2)c2ccccc12.c1ccc([S+]2c3ccccc3Oc3ccccc32)cc1.c1ccc([S+]2c3ccccc3Sc3ccccc32)cc1. The Morgan fingerprint density at radius 3 is 0.884 bits per heavy atom. The van der Waals surface area contributed by atoms with Gasteiger partial charge in [0.2, 0.25) is 40.3 Å². The van der Waals surface area contributed by atoms with Crippen LogP contribution in [0.4, 0.5) is 13.2 Å². The van der Waals surface area contributed by atoms with Gasteiger partial charge in [0.25, 0.3) is 0 Å². The summed E-state index contributed by atoms with van der Waals surface area (Å²) in [4.78, 5) is 46.3. The van der Waals surface area contributed by atoms with E-state index in [2.05, 4.69) is 250 Å². The Morgan fingerprint density at radius 2 is 0.519 bits per heavy atom. The molecule has 0 amide bonds. The maximum atomic E-state index is 13.1. The van der Waals surface area contributed by atoms with Gasteiger partial charge in [-0.1, -0.05) is 254 Å². The smallest absolute Gasteiger partial charge is 0.416 e. The summed E-state index contributed by atoms with van der Waals surface area (Å²) in [5.41, 5.74) is 0.282. The third kappa shape index (κ3) is 17.5. The Bertz CT molecular complexity index is 7380. The fourth-order valence-corrected chi connectivity index (χ4v) is 33.5. The third-order valence-corrected chi connectivity index (χ3v) is 39.2. The molecule has 6 nitrogen and oxygen atoms in total. The number of hydrogen-bond donors (Lipinski definition) is 0. The summed E-state index contributed by atoms with van der Waals surface area (Å²) in [5.74, 6) is 3.89. The molecule has 2 aromatic heterocycles. The Labute approximate surface area is 767 Å². The van der Waals surface area contributed by atoms with E-state index in [9.17, 15) is 31.2 Å². The summed E-state index contributed by atoms with van der Waals surface area (Å²) >= 11 is 1.89. The molecule has 4 aliphatic rings. The molecule has 626 valence electrons. The van der Waals surface area contributed by atoms with Gasteiger partial charge < -0.3 is 9.47 Å². The van der Waals surface area contributed by atoms with Gasteiger partial charge in [-0.2, -0.15) is 13.2 Å². The molecule has 18 aromatic carbocycles. The van der Waals surface area contributed by atoms with Crippen LogP contribution in [0.1, 0.15) is 11.1 Å². The highest BCUT2D eigenvalue weighted by Crippen LogP contribution is 2.53. The second kappa shape index (κ2) is 38.0. The van der Waals surface area contributed by atoms with Gasteiger partial charge in [0.1, 0.15) is 53.4 Å². The van der Waals surface area contributed by atoms with Gasteiger partial charge in [0.05, 0.1) is 36.9 Å². The molecule has 0 N–H and O–H groups in total. The minimum Gasteiger partial charge on any atom is -0.447 e. The quantitative estimate of drug-likeness (QED) is 0.121. The first-order valence-corrected chi connectivity index (χ1v) is 51.2. The van der Waals surface area contributed by atoms with Crippen molar-refractivity contribution in [1.29, 1.82) is 0 Å². The van der Waals surface area contributed by atoms with Gasteiger partial charge in [0.15, 0.2) is 90.8 Å². The molecule has 129 heavy (non-hydrogen) atoms. The number of para-hydroxylation sites is 4. The van der Waals surface area contributed by atoms with Crippen LogP contribution in [0, 0.1) is 6.92 Å². The van der Waals surface area contributed by atoms with Gasteiger partial charge in [0, 0.05) is 20.9 Å². The molecule has 0 fully saturated rings. The Kier molecular flexibility index (Phi) is 25.1. The molecular weight excluding hydrogens is 1750 g/mol. The predicted octanol–water partition coefficient (Wildman–Crippen LogP) is 30.5. The number of benzene rings is 18. The molecule has 17 heteroatoms. The van der Waals surface area contributed by atoms with Crippen molar-refractivity contribution >= 4 is 126 Å². The lowest BCUT2D eigenvalue weighted by Gasteiger charge is -2.19. The zero-order valence-electron chi connectivity index (χ0n) is 69.2. The summed E-state index contributed by atoms with van der Waals surface area (Å²) in [6, 6.07) is 153. The number of halogens is 3. The van der Waals surface area contributed by atoms with Crippen molar-refractivity contribution in [2.45, 2.75) is 91.4 Å². The monoisotopic (exact) mass is 1830 g/mol. The maximum Gasteiger partial charge on any atom is 0.416 e. The molecule has 0 saturated heterocycles. The van der Waals surface area contributed by atoms with Gasteiger partial charge >= 0.3 is 6.18 Å². The van der Waals surface area contributed by atoms with Crippen LogP contribution in [-0.2, 0) is 59.6 Å². The van der Waals surface area contributed by atoms with E-state index in [1.807, 2.05) is 176 Å². The lowest BCUT2D eigenvalue weighted by Crippen LogP contribution is -2.20. The number of sulfone groups is 1. The Balaban J connectivity index is 0.000000101. The summed E-state index contributed by atoms with van der Waals surface area (Å²) in [5, 5.41) is 2.29. The van der Waals surface area contributed by atoms with E-state index in [1.165, 1.54) is 70.4 Å². The molecule has 0 bridgehead atoms. The second-order valence-electron chi connectivity index (χ2n) is 30.0. The molecule has 20 aromatic rings. The van der Waals surface area contributed by atoms with Crippen LogP contribution >= 0.6 is 32.7 Å². The normalized spacial score (nSPS) is 13.3. The number of alkyl halides is 3. The Hall–Kier alpha value is -13.2. The van der Waals surface area contributed by atoms with Crippen LogP contribution < -0.4 is 20.3 Å². The van der Waals surface area contributed by atoms with E-state index < -0.39 is 32.0 Å². The fraction of sp³-hybridized carbons (Fsp3) is 0.0179. The standard InChI is InChI=1S/C20H12F3OS.C19H15OS.C19H13OS.C18H13O2S2.C18H13OS.C18H13S2/c21-20(22,23)13-10-11-18-16(12-13)19(24)15-8-4-5-9-17(15)25(18)14-6-2-1-3-7-14;1-14-10-12-15(13-11-14)21-18-8-4-2-6-16(18)20-17-7-3-5-9-19(17)21;20-19-15-10-4-6-12-17(15)21(14-8-2-1-3-9-14)18-13-7-5-11-16(18)19;19-22(20)17-12-6-4-10-15(17)21(14-8-2-1-3-9-14)16-11-5-7-13-18(16)22;2*1-2-8-14(9-3-1)20-17-12-6-4-10-15(17)19-16-11-5-7-13-18(16)20/h1-12H;2-13H,1H3;1-13H;1-13H;2*1-13H/q6*+1. The van der Waals surface area contributed by atoms with Crippen molar-refractivity contribution in [1.82, 2.24) is 0 Å². The Morgan fingerprint density at radius 1 is 0.256 bits per heavy atom. The molecule has 0 saturated carbocycles. The third-order valence-electron chi connectivity index (χ3n) is 21.8. The van der Waals surface area contributed by atoms with Gasteiger partial charge in [-0.15, -0.1) is 0 Å². The summed E-state index contributed by atoms with van der Waals surface area (Å²) in [6.45, 7) is 2.12. The molecule has 1 atom stereocenters. The molecule has 4 aliphatic heterocycles. The van der Waals surface area contributed by atoms with Crippen molar-refractivity contribution in [2.75, 3.05) is 0 Å². The second-order valence-corrected chi connectivity index (χ2v) is 44.7. The van der Waals surface area contributed by atoms with E-state index >= 15 is 0 Å². The number of hydrogen-bond acceptors (Lipinski definition) is 7. The summed E-state index contributed by atoms with van der Waals surface area (Å²) < 4.78 is 80.9. The van der Waals surface area contributed by atoms with Crippen LogP contribution in [0.3, 0.4) is 0 Å². The van der Waals surface area contributed by atoms with E-state index in [-0.39, 0.29) is 70.3 Å². The number of fused-ring (bicyclic) bond motifs is 12. The molecule has 0 spiro atoms. The average molecular weight is 1830 g/mol. The van der Waals surface area contributed by atoms with Crippen LogP contribution in [-0.4, -0.2) is 8.42 Å². The van der Waals surface area contributed by atoms with E-state index in [0.29, 0.717) is 19.9 Å². The number of aryl methyl sites for hydroxylation is 1. The molecule has 6 heterocycles. The number of ether oxygens (including phenoxy) is 2. The van der Waals surface area contributed by atoms with Crippen LogP contribution in [0.25, 0.3) is 50.1 Å². The lowest BCUT2D eigenvalue weighted by atomic mass is 10.1. The van der Waals surface area contributed by atoms with Gasteiger partial charge in [-0.3, -0.25) is 9.59 Å². The van der Waals surface area contributed by atoms with Crippen LogP contribution in [0.5, 0.6) is 23.0 Å². The molecule has 1 unspecified atom stereocenters. The largest absolute Gasteiger partial charge is 0.447 e. The summed E-state index contributed by atoms with van der Waals surface area (Å²) in [6.07, 6.45) is -4.47. The maximum absolute atomic E-state index is 13.1. The molecule has 0 radical (unpaired) electrons. The van der Waals surface area contributed by atoms with Gasteiger partial charge in [-0.25, -0.2) is 8.42 Å². The average Bonchev–Trinajstić information content (AvgIpc) is 0.732. The predicted molar refractivity (Wildman–Crippen MR) is 528 cm³/mol. The minimum absolute atomic E-state index is 0.0212. The van der Waals surface area contributed by atoms with Crippen molar-refractivity contribution in [2.24, 2.45) is 0 Å². The van der Waals surface area contributed by atoms with E-state index in [1.54, 1.807) is 36.4 Å². The lowest BCUT2D eigenvalue weighted by molar-refractivity contribution is -0.137. The first-order chi connectivity index (χ1) is 63.2. The minimum atomic E-state index is -4.47. The molecular formula is C112H79F3O6S8+6. The highest BCUT2D eigenvalue weighted by Gasteiger charge is 2.46. The highest BCUT2D eigenvalue weighted by atomic mass is 32.2. The first kappa shape index (κ1) is 85.3. The van der Waals surface area contributed by atoms with Crippen molar-refractivity contribution in [3.63, 3.8) is 0 Å². The topological polar surface area (TPSA) is 86.7 Å². The van der Waals surface area contributed by atoms with Crippen LogP contribution in [0.15, 0.2) is 549 Å². The number of rotatable bonds is 6. The van der Waals surface area contributed by atoms with Crippen LogP contribution in [0.2, 0.25) is 0 Å². The highest BCUT2D eigenvalue weighted by molar-refractivity contribution is 8.04. The first-order valence-electron chi connectivity index (χ1n) is 41.6. The van der Waals surface area contributed by atoms with E-state index in [4.69, 9.17) is 9.47 Å². The van der Waals surface area contributed by atoms with Gasteiger partial charge in [-0.05, 0) is 231 Å².